The quantitative estimate of drug-likeness (QED) is 0.154. The van der Waals surface area contributed by atoms with Crippen molar-refractivity contribution in [1.29, 1.82) is 0 Å². The minimum atomic E-state index is -0.255. The molecule has 1 N–H and O–H groups in total. The molecule has 0 spiro atoms. The molecule has 0 amide bonds. The summed E-state index contributed by atoms with van der Waals surface area (Å²) in [4.78, 5) is 0. The van der Waals surface area contributed by atoms with E-state index < -0.39 is 0 Å². The summed E-state index contributed by atoms with van der Waals surface area (Å²) in [6, 6.07) is 0. The Kier molecular flexibility index (Phi) is 3.46. The lowest BCUT2D eigenvalue weighted by Crippen LogP contribution is -1.84. The Labute approximate surface area is 47.1 Å². The van der Waals surface area contributed by atoms with Gasteiger partial charge < -0.3 is 5.21 Å². The van der Waals surface area contributed by atoms with E-state index in [4.69, 9.17) is 5.21 Å². The molecule has 0 aliphatic heterocycles. The van der Waals surface area contributed by atoms with Gasteiger partial charge in [-0.05, 0) is 0 Å². The van der Waals surface area contributed by atoms with E-state index >= 15 is 0 Å². The number of thiol groups is 2. The molecule has 36 valence electrons. The average molecular weight is 123 g/mol. The van der Waals surface area contributed by atoms with Crippen LogP contribution < -0.4 is 0 Å². The third-order valence-corrected chi connectivity index (χ3v) is 0.467. The van der Waals surface area contributed by atoms with E-state index in [2.05, 4.69) is 30.4 Å². The highest BCUT2D eigenvalue weighted by molar-refractivity contribution is 8.00. The zero-order valence-electron chi connectivity index (χ0n) is 2.94. The fourth-order valence-electron chi connectivity index (χ4n) is 0.0596. The van der Waals surface area contributed by atoms with Crippen molar-refractivity contribution in [2.45, 2.75) is 4.58 Å². The maximum absolute atomic E-state index is 7.71. The van der Waals surface area contributed by atoms with Gasteiger partial charge in [0.2, 0.25) is 0 Å². The van der Waals surface area contributed by atoms with Crippen LogP contribution in [0.1, 0.15) is 0 Å². The summed E-state index contributed by atoms with van der Waals surface area (Å²) in [5, 5.41) is 10.4. The molecule has 0 bridgehead atoms. The maximum Gasteiger partial charge on any atom is 0.0827 e. The molecule has 6 heavy (non-hydrogen) atoms. The van der Waals surface area contributed by atoms with Gasteiger partial charge in [0.1, 0.15) is 0 Å². The number of hydrogen-bond donors (Lipinski definition) is 3. The van der Waals surface area contributed by atoms with Crippen LogP contribution in [0.2, 0.25) is 0 Å². The molecule has 0 aromatic rings. The monoisotopic (exact) mass is 123 g/mol. The van der Waals surface area contributed by atoms with E-state index in [1.54, 1.807) is 0 Å². The summed E-state index contributed by atoms with van der Waals surface area (Å²) in [5.74, 6) is 0. The van der Waals surface area contributed by atoms with Crippen LogP contribution in [0.15, 0.2) is 5.16 Å². The van der Waals surface area contributed by atoms with Crippen LogP contribution >= 0.6 is 25.3 Å². The molecule has 0 unspecified atom stereocenters. The third kappa shape index (κ3) is 4.17. The van der Waals surface area contributed by atoms with Crippen molar-refractivity contribution in [2.24, 2.45) is 5.16 Å². The van der Waals surface area contributed by atoms with Crippen LogP contribution in [0.3, 0.4) is 0 Å². The summed E-state index contributed by atoms with van der Waals surface area (Å²) >= 11 is 7.47. The molecule has 0 aromatic heterocycles. The van der Waals surface area contributed by atoms with Crippen LogP contribution in [0.4, 0.5) is 0 Å². The van der Waals surface area contributed by atoms with Crippen molar-refractivity contribution >= 4 is 31.5 Å². The molecule has 4 heteroatoms. The summed E-state index contributed by atoms with van der Waals surface area (Å²) < 4.78 is -0.255. The third-order valence-electron chi connectivity index (χ3n) is 0.200. The molecule has 0 heterocycles. The summed E-state index contributed by atoms with van der Waals surface area (Å²) in [7, 11) is 0. The number of rotatable bonds is 1. The molecule has 0 saturated carbocycles. The van der Waals surface area contributed by atoms with Crippen molar-refractivity contribution in [1.82, 2.24) is 0 Å². The van der Waals surface area contributed by atoms with Gasteiger partial charge in [0, 0.05) is 0 Å². The first-order valence-corrected chi connectivity index (χ1v) is 2.34. The van der Waals surface area contributed by atoms with Gasteiger partial charge in [0.15, 0.2) is 0 Å². The van der Waals surface area contributed by atoms with Gasteiger partial charge in [0.25, 0.3) is 0 Å². The average Bonchev–Trinajstić information content (AvgIpc) is 1.35. The Balaban J connectivity index is 3.03. The summed E-state index contributed by atoms with van der Waals surface area (Å²) in [5.41, 5.74) is 0. The van der Waals surface area contributed by atoms with Crippen molar-refractivity contribution in [3.63, 3.8) is 0 Å². The molecule has 0 saturated heterocycles. The highest BCUT2D eigenvalue weighted by Gasteiger charge is 1.81. The second kappa shape index (κ2) is 3.36. The number of nitrogens with zero attached hydrogens (tertiary/aromatic N) is 1. The predicted octanol–water partition coefficient (Wildman–Crippen LogP) is 0.632. The lowest BCUT2D eigenvalue weighted by molar-refractivity contribution is 0.321. The Morgan fingerprint density at radius 2 is 2.17 bits per heavy atom. The van der Waals surface area contributed by atoms with Crippen LogP contribution in [0.5, 0.6) is 0 Å². The lowest BCUT2D eigenvalue weighted by atomic mass is 10.9. The fourth-order valence-corrected chi connectivity index (χ4v) is 0.179. The van der Waals surface area contributed by atoms with Gasteiger partial charge in [-0.3, -0.25) is 0 Å². The zero-order chi connectivity index (χ0) is 4.99. The molecule has 0 aliphatic rings. The highest BCUT2D eigenvalue weighted by Crippen LogP contribution is 1.92. The van der Waals surface area contributed by atoms with E-state index in [-0.39, 0.29) is 4.58 Å². The van der Waals surface area contributed by atoms with Gasteiger partial charge in [-0.1, -0.05) is 0 Å². The van der Waals surface area contributed by atoms with Crippen molar-refractivity contribution in [3.8, 4) is 0 Å². The zero-order valence-corrected chi connectivity index (χ0v) is 4.73. The van der Waals surface area contributed by atoms with Crippen LogP contribution in [0.25, 0.3) is 0 Å². The molecule has 0 radical (unpaired) electrons. The smallest absolute Gasteiger partial charge is 0.0827 e. The summed E-state index contributed by atoms with van der Waals surface area (Å²) in [6.45, 7) is 0. The number of hydrogen-bond acceptors (Lipinski definition) is 4. The Morgan fingerprint density at radius 1 is 1.67 bits per heavy atom. The standard InChI is InChI=1S/C2H5NOS2/c4-3-1-2(5)6/h1-2,4-6H/b3-1+. The van der Waals surface area contributed by atoms with Crippen LogP contribution in [-0.2, 0) is 0 Å². The molecule has 2 nitrogen and oxygen atoms in total. The maximum atomic E-state index is 7.71. The first-order valence-electron chi connectivity index (χ1n) is 1.31. The molecule has 0 aliphatic carbocycles. The van der Waals surface area contributed by atoms with Gasteiger partial charge in [-0.15, -0.1) is 5.16 Å². The van der Waals surface area contributed by atoms with E-state index in [0.717, 1.165) is 0 Å². The van der Waals surface area contributed by atoms with E-state index in [1.165, 1.54) is 6.21 Å². The predicted molar refractivity (Wildman–Crippen MR) is 32.0 cm³/mol. The van der Waals surface area contributed by atoms with Gasteiger partial charge in [0.05, 0.1) is 10.8 Å². The van der Waals surface area contributed by atoms with Gasteiger partial charge >= 0.3 is 0 Å². The minimum absolute atomic E-state index is 0.255. The Hall–Kier alpha value is 0.170. The first-order chi connectivity index (χ1) is 2.77. The Bertz CT molecular complexity index is 53.5. The van der Waals surface area contributed by atoms with Gasteiger partial charge in [-0.25, -0.2) is 0 Å². The normalized spacial score (nSPS) is 11.2. The molecule has 0 aromatic carbocycles. The number of oxime groups is 1. The molecule has 0 atom stereocenters. The van der Waals surface area contributed by atoms with Crippen molar-refractivity contribution < 1.29 is 5.21 Å². The first kappa shape index (κ1) is 6.17. The topological polar surface area (TPSA) is 32.6 Å². The Morgan fingerprint density at radius 3 is 2.17 bits per heavy atom. The second-order valence-corrected chi connectivity index (χ2v) is 2.20. The molecular formula is C2H5NOS2. The summed E-state index contributed by atoms with van der Waals surface area (Å²) in [6.07, 6.45) is 1.20. The lowest BCUT2D eigenvalue weighted by Gasteiger charge is -1.83. The van der Waals surface area contributed by atoms with Crippen LogP contribution in [-0.4, -0.2) is 16.0 Å². The second-order valence-electron chi connectivity index (χ2n) is 0.678. The van der Waals surface area contributed by atoms with Gasteiger partial charge in [-0.2, -0.15) is 25.3 Å². The molecule has 0 rings (SSSR count). The molecule has 0 fully saturated rings. The van der Waals surface area contributed by atoms with Crippen LogP contribution in [0, 0.1) is 0 Å². The highest BCUT2D eigenvalue weighted by atomic mass is 32.2. The van der Waals surface area contributed by atoms with E-state index in [9.17, 15) is 0 Å². The minimum Gasteiger partial charge on any atom is -0.411 e. The molecular weight excluding hydrogens is 118 g/mol. The fraction of sp³-hybridized carbons (Fsp3) is 0.500. The van der Waals surface area contributed by atoms with E-state index in [1.807, 2.05) is 0 Å². The van der Waals surface area contributed by atoms with Crippen molar-refractivity contribution in [2.75, 3.05) is 0 Å². The largest absolute Gasteiger partial charge is 0.411 e. The van der Waals surface area contributed by atoms with Crippen molar-refractivity contribution in [3.05, 3.63) is 0 Å². The van der Waals surface area contributed by atoms with E-state index in [0.29, 0.717) is 0 Å². The SMILES string of the molecule is O/N=C/C(S)S.